The molecule has 1 aliphatic rings. The third-order valence-electron chi connectivity index (χ3n) is 6.46. The molecule has 0 saturated carbocycles. The summed E-state index contributed by atoms with van der Waals surface area (Å²) in [5.74, 6) is 0.565. The molecule has 0 aliphatic carbocycles. The van der Waals surface area contributed by atoms with Crippen LogP contribution in [-0.2, 0) is 0 Å². The van der Waals surface area contributed by atoms with Gasteiger partial charge in [0.1, 0.15) is 18.5 Å². The van der Waals surface area contributed by atoms with Crippen molar-refractivity contribution >= 4 is 23.1 Å². The molecule has 6 heteroatoms. The first kappa shape index (κ1) is 25.2. The number of rotatable bonds is 8. The minimum absolute atomic E-state index is 0.0663. The summed E-state index contributed by atoms with van der Waals surface area (Å²) in [5.41, 5.74) is 6.46. The third-order valence-corrected chi connectivity index (χ3v) is 6.71. The Morgan fingerprint density at radius 2 is 1.46 bits per heavy atom. The van der Waals surface area contributed by atoms with Gasteiger partial charge in [0, 0.05) is 54.6 Å². The number of β-amino-alcohol motifs (C(OH)–C–C–N with tert-alkyl or cyclic N) is 1. The van der Waals surface area contributed by atoms with Crippen molar-refractivity contribution in [2.75, 3.05) is 44.2 Å². The van der Waals surface area contributed by atoms with Crippen LogP contribution in [0.2, 0.25) is 5.02 Å². The zero-order chi connectivity index (χ0) is 24.9. The fourth-order valence-corrected chi connectivity index (χ4v) is 4.96. The van der Waals surface area contributed by atoms with E-state index in [1.807, 2.05) is 0 Å². The summed E-state index contributed by atoms with van der Waals surface area (Å²) in [6.45, 7) is 11.0. The summed E-state index contributed by atoms with van der Waals surface area (Å²) in [5, 5.41) is 11.1. The molecular weight excluding hydrogens is 460 g/mol. The predicted octanol–water partition coefficient (Wildman–Crippen LogP) is 5.06. The fourth-order valence-electron chi connectivity index (χ4n) is 4.84. The highest BCUT2D eigenvalue weighted by Gasteiger charge is 2.22. The summed E-state index contributed by atoms with van der Waals surface area (Å²) in [6.07, 6.45) is -0.584. The Morgan fingerprint density at radius 3 is 2.03 bits per heavy atom. The number of aliphatic hydroxyl groups excluding tert-OH is 1. The number of anilines is 1. The molecule has 3 aromatic rings. The van der Waals surface area contributed by atoms with Gasteiger partial charge in [0.25, 0.3) is 0 Å². The Hall–Kier alpha value is -2.86. The van der Waals surface area contributed by atoms with Crippen molar-refractivity contribution in [2.24, 2.45) is 0 Å². The highest BCUT2D eigenvalue weighted by atomic mass is 35.5. The van der Waals surface area contributed by atoms with Gasteiger partial charge in [-0.3, -0.25) is 9.69 Å². The standard InChI is InChI=1S/C29H33ClN2O3/c1-20-16-21(2)28(22(3)17-20)32-14-12-31(13-15-32)18-26(33)19-35-27-10-6-24(7-11-27)29(34)23-4-8-25(30)9-5-23/h4-11,16-17,26,33H,12-15,18-19H2,1-3H3/t26-/m0/s1. The number of ether oxygens (including phenoxy) is 1. The zero-order valence-corrected chi connectivity index (χ0v) is 21.4. The van der Waals surface area contributed by atoms with Gasteiger partial charge in [-0.2, -0.15) is 0 Å². The first-order valence-electron chi connectivity index (χ1n) is 12.1. The summed E-state index contributed by atoms with van der Waals surface area (Å²) >= 11 is 5.90. The molecule has 0 amide bonds. The number of hydrogen-bond acceptors (Lipinski definition) is 5. The van der Waals surface area contributed by atoms with E-state index in [-0.39, 0.29) is 12.4 Å². The van der Waals surface area contributed by atoms with Gasteiger partial charge < -0.3 is 14.7 Å². The second-order valence-corrected chi connectivity index (χ2v) is 9.80. The molecule has 0 bridgehead atoms. The molecule has 4 rings (SSSR count). The molecule has 3 aromatic carbocycles. The Bertz CT molecular complexity index is 1130. The van der Waals surface area contributed by atoms with Crippen LogP contribution >= 0.6 is 11.6 Å². The molecule has 1 fully saturated rings. The van der Waals surface area contributed by atoms with Crippen LogP contribution in [0.25, 0.3) is 0 Å². The average Bonchev–Trinajstić information content (AvgIpc) is 2.83. The van der Waals surface area contributed by atoms with E-state index in [0.717, 1.165) is 26.2 Å². The van der Waals surface area contributed by atoms with E-state index in [4.69, 9.17) is 16.3 Å². The number of halogens is 1. The molecule has 1 atom stereocenters. The summed E-state index contributed by atoms with van der Waals surface area (Å²) in [7, 11) is 0. The van der Waals surface area contributed by atoms with Gasteiger partial charge in [-0.1, -0.05) is 29.3 Å². The Morgan fingerprint density at radius 1 is 0.914 bits per heavy atom. The zero-order valence-electron chi connectivity index (χ0n) is 20.6. The van der Waals surface area contributed by atoms with Crippen LogP contribution in [0.15, 0.2) is 60.7 Å². The number of aliphatic hydroxyl groups is 1. The SMILES string of the molecule is Cc1cc(C)c(N2CCN(C[C@H](O)COc3ccc(C(=O)c4ccc(Cl)cc4)cc3)CC2)c(C)c1. The van der Waals surface area contributed by atoms with Gasteiger partial charge in [0.2, 0.25) is 0 Å². The smallest absolute Gasteiger partial charge is 0.193 e. The summed E-state index contributed by atoms with van der Waals surface area (Å²) in [4.78, 5) is 17.3. The molecule has 0 spiro atoms. The molecule has 0 radical (unpaired) electrons. The number of carbonyl (C=O) groups excluding carboxylic acids is 1. The highest BCUT2D eigenvalue weighted by molar-refractivity contribution is 6.30. The van der Waals surface area contributed by atoms with Gasteiger partial charge in [-0.25, -0.2) is 0 Å². The van der Waals surface area contributed by atoms with E-state index in [1.165, 1.54) is 22.4 Å². The van der Waals surface area contributed by atoms with E-state index < -0.39 is 6.10 Å². The number of piperazine rings is 1. The summed E-state index contributed by atoms with van der Waals surface area (Å²) < 4.78 is 5.78. The predicted molar refractivity (Wildman–Crippen MR) is 142 cm³/mol. The van der Waals surface area contributed by atoms with Crippen LogP contribution in [0.1, 0.15) is 32.6 Å². The van der Waals surface area contributed by atoms with Crippen molar-refractivity contribution in [3.05, 3.63) is 93.5 Å². The third kappa shape index (κ3) is 6.43. The molecule has 0 unspecified atom stereocenters. The number of hydrogen-bond donors (Lipinski definition) is 1. The maximum Gasteiger partial charge on any atom is 0.193 e. The van der Waals surface area contributed by atoms with Gasteiger partial charge in [-0.15, -0.1) is 0 Å². The number of ketones is 1. The second-order valence-electron chi connectivity index (χ2n) is 9.36. The van der Waals surface area contributed by atoms with E-state index >= 15 is 0 Å². The maximum absolute atomic E-state index is 12.6. The first-order chi connectivity index (χ1) is 16.8. The highest BCUT2D eigenvalue weighted by Crippen LogP contribution is 2.27. The Labute approximate surface area is 212 Å². The van der Waals surface area contributed by atoms with Crippen molar-refractivity contribution in [1.29, 1.82) is 0 Å². The normalized spacial score (nSPS) is 15.2. The topological polar surface area (TPSA) is 53.0 Å². The van der Waals surface area contributed by atoms with Crippen LogP contribution in [0.4, 0.5) is 5.69 Å². The van der Waals surface area contributed by atoms with Crippen LogP contribution in [0.5, 0.6) is 5.75 Å². The van der Waals surface area contributed by atoms with Crippen LogP contribution < -0.4 is 9.64 Å². The number of benzene rings is 3. The lowest BCUT2D eigenvalue weighted by molar-refractivity contribution is 0.0663. The quantitative estimate of drug-likeness (QED) is 0.445. The van der Waals surface area contributed by atoms with Crippen molar-refractivity contribution < 1.29 is 14.6 Å². The Kier molecular flexibility index (Phi) is 8.11. The van der Waals surface area contributed by atoms with Gasteiger partial charge >= 0.3 is 0 Å². The van der Waals surface area contributed by atoms with Crippen LogP contribution in [0, 0.1) is 20.8 Å². The average molecular weight is 493 g/mol. The maximum atomic E-state index is 12.6. The lowest BCUT2D eigenvalue weighted by Crippen LogP contribution is -2.49. The van der Waals surface area contributed by atoms with Crippen molar-refractivity contribution in [2.45, 2.75) is 26.9 Å². The fraction of sp³-hybridized carbons (Fsp3) is 0.345. The molecular formula is C29H33ClN2O3. The van der Waals surface area contributed by atoms with Gasteiger partial charge in [-0.05, 0) is 80.4 Å². The van der Waals surface area contributed by atoms with Gasteiger partial charge in [0.15, 0.2) is 5.78 Å². The van der Waals surface area contributed by atoms with E-state index in [0.29, 0.717) is 28.4 Å². The number of aryl methyl sites for hydroxylation is 3. The minimum Gasteiger partial charge on any atom is -0.491 e. The molecule has 1 heterocycles. The van der Waals surface area contributed by atoms with Gasteiger partial charge in [0.05, 0.1) is 0 Å². The van der Waals surface area contributed by atoms with Crippen LogP contribution in [0.3, 0.4) is 0 Å². The number of nitrogens with zero attached hydrogens (tertiary/aromatic N) is 2. The molecule has 35 heavy (non-hydrogen) atoms. The van der Waals surface area contributed by atoms with Crippen molar-refractivity contribution in [3.63, 3.8) is 0 Å². The number of carbonyl (C=O) groups is 1. The van der Waals surface area contributed by atoms with Crippen LogP contribution in [-0.4, -0.2) is 61.2 Å². The van der Waals surface area contributed by atoms with E-state index in [9.17, 15) is 9.90 Å². The monoisotopic (exact) mass is 492 g/mol. The van der Waals surface area contributed by atoms with Crippen molar-refractivity contribution in [1.82, 2.24) is 4.90 Å². The molecule has 5 nitrogen and oxygen atoms in total. The molecule has 1 saturated heterocycles. The second kappa shape index (κ2) is 11.3. The van der Waals surface area contributed by atoms with E-state index in [1.54, 1.807) is 48.5 Å². The van der Waals surface area contributed by atoms with E-state index in [2.05, 4.69) is 42.7 Å². The summed E-state index contributed by atoms with van der Waals surface area (Å²) in [6, 6.07) is 18.4. The Balaban J connectivity index is 1.24. The van der Waals surface area contributed by atoms with Crippen molar-refractivity contribution in [3.8, 4) is 5.75 Å². The largest absolute Gasteiger partial charge is 0.491 e. The molecule has 1 aliphatic heterocycles. The lowest BCUT2D eigenvalue weighted by Gasteiger charge is -2.38. The first-order valence-corrected chi connectivity index (χ1v) is 12.4. The minimum atomic E-state index is -0.584. The lowest BCUT2D eigenvalue weighted by atomic mass is 10.0. The molecule has 1 N–H and O–H groups in total. The molecule has 0 aromatic heterocycles. The molecule has 184 valence electrons.